The van der Waals surface area contributed by atoms with E-state index in [1.54, 1.807) is 0 Å². The van der Waals surface area contributed by atoms with Crippen LogP contribution in [0.2, 0.25) is 0 Å². The number of hydrogen-bond donors (Lipinski definition) is 1. The van der Waals surface area contributed by atoms with E-state index in [-0.39, 0.29) is 0 Å². The molecular formula is C13H20N2O. The number of ether oxygens (including phenoxy) is 1. The fourth-order valence-corrected chi connectivity index (χ4v) is 2.20. The van der Waals surface area contributed by atoms with Gasteiger partial charge in [0.25, 0.3) is 0 Å². The Labute approximate surface area is 97.2 Å². The largest absolute Gasteiger partial charge is 0.378 e. The third kappa shape index (κ3) is 2.80. The van der Waals surface area contributed by atoms with Gasteiger partial charge in [0.05, 0.1) is 6.10 Å². The lowest BCUT2D eigenvalue weighted by molar-refractivity contribution is 0.0953. The molecule has 1 aliphatic rings. The zero-order valence-electron chi connectivity index (χ0n) is 10.1. The molecule has 1 aliphatic heterocycles. The molecule has 0 amide bonds. The van der Waals surface area contributed by atoms with Gasteiger partial charge in [0.2, 0.25) is 0 Å². The highest BCUT2D eigenvalue weighted by atomic mass is 16.5. The first kappa shape index (κ1) is 11.6. The first-order chi connectivity index (χ1) is 7.79. The molecule has 3 heteroatoms. The summed E-state index contributed by atoms with van der Waals surface area (Å²) in [4.78, 5) is 4.34. The van der Waals surface area contributed by atoms with Crippen molar-refractivity contribution in [1.82, 2.24) is 10.3 Å². The molecule has 1 saturated heterocycles. The van der Waals surface area contributed by atoms with E-state index < -0.39 is 0 Å². The first-order valence-electron chi connectivity index (χ1n) is 6.01. The Kier molecular flexibility index (Phi) is 3.91. The maximum Gasteiger partial charge on any atom is 0.0594 e. The van der Waals surface area contributed by atoms with Crippen molar-refractivity contribution in [2.75, 3.05) is 13.7 Å². The van der Waals surface area contributed by atoms with Crippen LogP contribution >= 0.6 is 0 Å². The van der Waals surface area contributed by atoms with Crippen molar-refractivity contribution in [2.45, 2.75) is 38.3 Å². The third-order valence-electron chi connectivity index (χ3n) is 3.21. The minimum Gasteiger partial charge on any atom is -0.378 e. The number of pyridine rings is 1. The van der Waals surface area contributed by atoms with Gasteiger partial charge in [0.1, 0.15) is 0 Å². The fraction of sp³-hybridized carbons (Fsp3) is 0.615. The van der Waals surface area contributed by atoms with E-state index in [0.29, 0.717) is 12.1 Å². The SMILES string of the molecule is CNC(CC1CCCO1)c1ccc(C)nc1. The highest BCUT2D eigenvalue weighted by molar-refractivity contribution is 5.17. The van der Waals surface area contributed by atoms with Crippen LogP contribution in [0.4, 0.5) is 0 Å². The molecule has 1 aromatic rings. The van der Waals surface area contributed by atoms with E-state index >= 15 is 0 Å². The zero-order chi connectivity index (χ0) is 11.4. The molecule has 2 rings (SSSR count). The van der Waals surface area contributed by atoms with Crippen LogP contribution in [0.25, 0.3) is 0 Å². The van der Waals surface area contributed by atoms with Gasteiger partial charge >= 0.3 is 0 Å². The monoisotopic (exact) mass is 220 g/mol. The van der Waals surface area contributed by atoms with Crippen molar-refractivity contribution in [3.63, 3.8) is 0 Å². The van der Waals surface area contributed by atoms with Gasteiger partial charge in [-0.3, -0.25) is 4.98 Å². The third-order valence-corrected chi connectivity index (χ3v) is 3.21. The molecule has 1 fully saturated rings. The van der Waals surface area contributed by atoms with Crippen LogP contribution in [0.5, 0.6) is 0 Å². The molecular weight excluding hydrogens is 200 g/mol. The maximum atomic E-state index is 5.67. The lowest BCUT2D eigenvalue weighted by Gasteiger charge is -2.20. The number of aryl methyl sites for hydroxylation is 1. The van der Waals surface area contributed by atoms with Gasteiger partial charge in [-0.2, -0.15) is 0 Å². The highest BCUT2D eigenvalue weighted by Crippen LogP contribution is 2.24. The van der Waals surface area contributed by atoms with Crippen LogP contribution in [-0.4, -0.2) is 24.7 Å². The fourth-order valence-electron chi connectivity index (χ4n) is 2.20. The average molecular weight is 220 g/mol. The Hall–Kier alpha value is -0.930. The minimum absolute atomic E-state index is 0.358. The normalized spacial score (nSPS) is 22.2. The molecule has 1 N–H and O–H groups in total. The molecule has 0 radical (unpaired) electrons. The Morgan fingerprint density at radius 3 is 3.00 bits per heavy atom. The Morgan fingerprint density at radius 1 is 1.56 bits per heavy atom. The molecule has 0 bridgehead atoms. The van der Waals surface area contributed by atoms with Gasteiger partial charge < -0.3 is 10.1 Å². The quantitative estimate of drug-likeness (QED) is 0.845. The standard InChI is InChI=1S/C13H20N2O/c1-10-5-6-11(9-15-10)13(14-2)8-12-4-3-7-16-12/h5-6,9,12-14H,3-4,7-8H2,1-2H3. The minimum atomic E-state index is 0.358. The van der Waals surface area contributed by atoms with Crippen LogP contribution in [0.15, 0.2) is 18.3 Å². The molecule has 2 atom stereocenters. The molecule has 0 aromatic carbocycles. The van der Waals surface area contributed by atoms with E-state index in [0.717, 1.165) is 18.7 Å². The molecule has 0 aliphatic carbocycles. The van der Waals surface area contributed by atoms with Gasteiger partial charge in [-0.05, 0) is 44.9 Å². The predicted octanol–water partition coefficient (Wildman–Crippen LogP) is 2.22. The van der Waals surface area contributed by atoms with Gasteiger partial charge in [-0.15, -0.1) is 0 Å². The first-order valence-corrected chi connectivity index (χ1v) is 6.01. The van der Waals surface area contributed by atoms with Crippen molar-refractivity contribution < 1.29 is 4.74 Å². The average Bonchev–Trinajstić information content (AvgIpc) is 2.80. The molecule has 0 spiro atoms. The number of hydrogen-bond acceptors (Lipinski definition) is 3. The Bertz CT molecular complexity index is 317. The van der Waals surface area contributed by atoms with E-state index in [9.17, 15) is 0 Å². The Balaban J connectivity index is 2.00. The van der Waals surface area contributed by atoms with Gasteiger partial charge in [-0.25, -0.2) is 0 Å². The van der Waals surface area contributed by atoms with E-state index in [4.69, 9.17) is 4.74 Å². The van der Waals surface area contributed by atoms with Crippen LogP contribution in [0, 0.1) is 6.92 Å². The zero-order valence-corrected chi connectivity index (χ0v) is 10.1. The second-order valence-electron chi connectivity index (χ2n) is 4.44. The second-order valence-corrected chi connectivity index (χ2v) is 4.44. The van der Waals surface area contributed by atoms with Gasteiger partial charge in [0, 0.05) is 24.5 Å². The van der Waals surface area contributed by atoms with Crippen molar-refractivity contribution >= 4 is 0 Å². The van der Waals surface area contributed by atoms with Gasteiger partial charge in [-0.1, -0.05) is 6.07 Å². The van der Waals surface area contributed by atoms with Crippen molar-refractivity contribution in [3.8, 4) is 0 Å². The van der Waals surface area contributed by atoms with E-state index in [2.05, 4.69) is 22.4 Å². The predicted molar refractivity (Wildman–Crippen MR) is 64.4 cm³/mol. The molecule has 1 aromatic heterocycles. The summed E-state index contributed by atoms with van der Waals surface area (Å²) < 4.78 is 5.67. The number of nitrogens with one attached hydrogen (secondary N) is 1. The van der Waals surface area contributed by atoms with Crippen molar-refractivity contribution in [1.29, 1.82) is 0 Å². The van der Waals surface area contributed by atoms with Crippen LogP contribution in [0.3, 0.4) is 0 Å². The lowest BCUT2D eigenvalue weighted by atomic mass is 10.0. The summed E-state index contributed by atoms with van der Waals surface area (Å²) in [5.41, 5.74) is 2.32. The van der Waals surface area contributed by atoms with Crippen LogP contribution in [0.1, 0.15) is 36.6 Å². The molecule has 88 valence electrons. The van der Waals surface area contributed by atoms with Crippen LogP contribution in [-0.2, 0) is 4.74 Å². The Morgan fingerprint density at radius 2 is 2.44 bits per heavy atom. The maximum absolute atomic E-state index is 5.67. The number of aromatic nitrogens is 1. The highest BCUT2D eigenvalue weighted by Gasteiger charge is 2.20. The molecule has 3 nitrogen and oxygen atoms in total. The van der Waals surface area contributed by atoms with Crippen molar-refractivity contribution in [2.24, 2.45) is 0 Å². The van der Waals surface area contributed by atoms with E-state index in [1.807, 2.05) is 20.2 Å². The molecule has 0 saturated carbocycles. The van der Waals surface area contributed by atoms with Crippen LogP contribution < -0.4 is 5.32 Å². The summed E-state index contributed by atoms with van der Waals surface area (Å²) in [6, 6.07) is 4.57. The summed E-state index contributed by atoms with van der Waals surface area (Å²) in [6.07, 6.45) is 5.82. The summed E-state index contributed by atoms with van der Waals surface area (Å²) in [6.45, 7) is 2.94. The van der Waals surface area contributed by atoms with Gasteiger partial charge in [0.15, 0.2) is 0 Å². The molecule has 2 heterocycles. The molecule has 2 unspecified atom stereocenters. The van der Waals surface area contributed by atoms with Crippen molar-refractivity contribution in [3.05, 3.63) is 29.6 Å². The second kappa shape index (κ2) is 5.41. The summed E-state index contributed by atoms with van der Waals surface area (Å²) >= 11 is 0. The summed E-state index contributed by atoms with van der Waals surface area (Å²) in [5.74, 6) is 0. The number of nitrogens with zero attached hydrogens (tertiary/aromatic N) is 1. The summed E-state index contributed by atoms with van der Waals surface area (Å²) in [7, 11) is 2.00. The smallest absolute Gasteiger partial charge is 0.0594 e. The van der Waals surface area contributed by atoms with E-state index in [1.165, 1.54) is 18.4 Å². The molecule has 16 heavy (non-hydrogen) atoms. The lowest BCUT2D eigenvalue weighted by Crippen LogP contribution is -2.22. The topological polar surface area (TPSA) is 34.1 Å². The summed E-state index contributed by atoms with van der Waals surface area (Å²) in [5, 5.41) is 3.34. The number of rotatable bonds is 4.